The number of hydrogen-bond donors (Lipinski definition) is 2. The van der Waals surface area contributed by atoms with E-state index in [1.807, 2.05) is 36.4 Å². The highest BCUT2D eigenvalue weighted by atomic mass is 35.5. The van der Waals surface area contributed by atoms with Crippen LogP contribution >= 0.6 is 11.6 Å². The Hall–Kier alpha value is -4.22. The van der Waals surface area contributed by atoms with Gasteiger partial charge in [0.05, 0.1) is 38.2 Å². The SMILES string of the molecule is CCOC(=O)c1cnc(Cl)nc1Nc1cc(COCc2cccc(N)c2)cc(-c2ncn(C)n2)c1OC. The van der Waals surface area contributed by atoms with Gasteiger partial charge in [0.15, 0.2) is 11.6 Å². The number of carbonyl (C=O) groups is 1. The quantitative estimate of drug-likeness (QED) is 0.177. The van der Waals surface area contributed by atoms with E-state index in [0.29, 0.717) is 35.1 Å². The topological polar surface area (TPSA) is 139 Å². The van der Waals surface area contributed by atoms with Crippen molar-refractivity contribution in [3.8, 4) is 17.1 Å². The number of aryl methyl sites for hydroxylation is 1. The summed E-state index contributed by atoms with van der Waals surface area (Å²) in [6.07, 6.45) is 2.90. The maximum Gasteiger partial charge on any atom is 0.343 e. The fraction of sp³-hybridized carbons (Fsp3) is 0.240. The molecule has 0 saturated carbocycles. The largest absolute Gasteiger partial charge is 0.494 e. The summed E-state index contributed by atoms with van der Waals surface area (Å²) in [4.78, 5) is 25.0. The van der Waals surface area contributed by atoms with Crippen LogP contribution in [-0.2, 0) is 29.7 Å². The van der Waals surface area contributed by atoms with Gasteiger partial charge in [0, 0.05) is 18.9 Å². The number of rotatable bonds is 10. The van der Waals surface area contributed by atoms with E-state index in [2.05, 4.69) is 25.4 Å². The first-order valence-corrected chi connectivity index (χ1v) is 11.7. The predicted octanol–water partition coefficient (Wildman–Crippen LogP) is 4.15. The Labute approximate surface area is 218 Å². The van der Waals surface area contributed by atoms with Gasteiger partial charge in [0.2, 0.25) is 5.28 Å². The molecule has 2 aromatic heterocycles. The molecule has 3 N–H and O–H groups in total. The lowest BCUT2D eigenvalue weighted by Crippen LogP contribution is -2.11. The molecule has 2 aromatic carbocycles. The minimum atomic E-state index is -0.589. The third-order valence-corrected chi connectivity index (χ3v) is 5.37. The molecule has 0 unspecified atom stereocenters. The molecule has 0 amide bonds. The van der Waals surface area contributed by atoms with Gasteiger partial charge >= 0.3 is 5.97 Å². The van der Waals surface area contributed by atoms with Crippen molar-refractivity contribution in [2.45, 2.75) is 20.1 Å². The summed E-state index contributed by atoms with van der Waals surface area (Å²) in [7, 11) is 3.30. The molecule has 12 heteroatoms. The average Bonchev–Trinajstić information content (AvgIpc) is 3.30. The van der Waals surface area contributed by atoms with Crippen LogP contribution in [0.4, 0.5) is 17.2 Å². The number of methoxy groups -OCH3 is 1. The lowest BCUT2D eigenvalue weighted by Gasteiger charge is -2.17. The maximum absolute atomic E-state index is 12.5. The number of nitrogens with one attached hydrogen (secondary N) is 1. The van der Waals surface area contributed by atoms with Crippen molar-refractivity contribution in [3.05, 3.63) is 70.9 Å². The fourth-order valence-electron chi connectivity index (χ4n) is 3.62. The van der Waals surface area contributed by atoms with E-state index in [9.17, 15) is 4.79 Å². The van der Waals surface area contributed by atoms with Gasteiger partial charge in [0.1, 0.15) is 17.7 Å². The van der Waals surface area contributed by atoms with Gasteiger partial charge in [-0.25, -0.2) is 14.8 Å². The van der Waals surface area contributed by atoms with Crippen LogP contribution in [0, 0.1) is 0 Å². The standard InChI is InChI=1S/C25H26ClN7O4/c1-4-37-24(34)19-11-28-25(26)31-23(19)30-20-10-16(13-36-12-15-6-5-7-17(27)8-15)9-18(21(20)35-3)22-29-14-33(2)32-22/h5-11,14H,4,12-13,27H2,1-3H3,(H,28,30,31). The predicted molar refractivity (Wildman–Crippen MR) is 139 cm³/mol. The zero-order chi connectivity index (χ0) is 26.4. The number of esters is 1. The molecule has 0 spiro atoms. The van der Waals surface area contributed by atoms with Gasteiger partial charge in [-0.15, -0.1) is 0 Å². The number of nitrogens with two attached hydrogens (primary N) is 1. The summed E-state index contributed by atoms with van der Waals surface area (Å²) in [5, 5.41) is 7.53. The van der Waals surface area contributed by atoms with Crippen molar-refractivity contribution in [2.75, 3.05) is 24.8 Å². The minimum Gasteiger partial charge on any atom is -0.494 e. The third kappa shape index (κ3) is 6.32. The third-order valence-electron chi connectivity index (χ3n) is 5.19. The summed E-state index contributed by atoms with van der Waals surface area (Å²) in [5.41, 5.74) is 9.52. The molecule has 0 saturated heterocycles. The summed E-state index contributed by atoms with van der Waals surface area (Å²) in [6.45, 7) is 2.54. The van der Waals surface area contributed by atoms with Gasteiger partial charge in [0.25, 0.3) is 0 Å². The Balaban J connectivity index is 1.71. The second-order valence-corrected chi connectivity index (χ2v) is 8.29. The molecule has 2 heterocycles. The summed E-state index contributed by atoms with van der Waals surface area (Å²) in [5.74, 6) is 0.463. The Kier molecular flexibility index (Phi) is 8.16. The normalized spacial score (nSPS) is 10.8. The van der Waals surface area contributed by atoms with Crippen LogP contribution in [0.25, 0.3) is 11.4 Å². The Morgan fingerprint density at radius 2 is 1.97 bits per heavy atom. The van der Waals surface area contributed by atoms with Crippen molar-refractivity contribution in [3.63, 3.8) is 0 Å². The van der Waals surface area contributed by atoms with Gasteiger partial charge in [-0.2, -0.15) is 10.1 Å². The Morgan fingerprint density at radius 1 is 1.16 bits per heavy atom. The number of hydrogen-bond acceptors (Lipinski definition) is 10. The number of benzene rings is 2. The second-order valence-electron chi connectivity index (χ2n) is 7.95. The van der Waals surface area contributed by atoms with Crippen LogP contribution in [0.2, 0.25) is 5.28 Å². The van der Waals surface area contributed by atoms with E-state index < -0.39 is 5.97 Å². The minimum absolute atomic E-state index is 0.0391. The number of anilines is 3. The van der Waals surface area contributed by atoms with Crippen LogP contribution in [0.15, 0.2) is 48.9 Å². The summed E-state index contributed by atoms with van der Waals surface area (Å²) in [6, 6.07) is 11.2. The molecular formula is C25H26ClN7O4. The number of nitrogen functional groups attached to an aromatic ring is 1. The highest BCUT2D eigenvalue weighted by Gasteiger charge is 2.21. The van der Waals surface area contributed by atoms with Crippen molar-refractivity contribution in [1.29, 1.82) is 0 Å². The zero-order valence-corrected chi connectivity index (χ0v) is 21.3. The Bertz CT molecular complexity index is 1410. The van der Waals surface area contributed by atoms with Crippen molar-refractivity contribution in [1.82, 2.24) is 24.7 Å². The molecule has 11 nitrogen and oxygen atoms in total. The summed E-state index contributed by atoms with van der Waals surface area (Å²) >= 11 is 6.04. The van der Waals surface area contributed by atoms with Gasteiger partial charge < -0.3 is 25.3 Å². The van der Waals surface area contributed by atoms with E-state index in [-0.39, 0.29) is 29.9 Å². The number of ether oxygens (including phenoxy) is 3. The second kappa shape index (κ2) is 11.7. The van der Waals surface area contributed by atoms with Crippen molar-refractivity contribution < 1.29 is 19.0 Å². The van der Waals surface area contributed by atoms with Crippen LogP contribution < -0.4 is 15.8 Å². The molecule has 0 atom stereocenters. The van der Waals surface area contributed by atoms with Gasteiger partial charge in [-0.1, -0.05) is 12.1 Å². The van der Waals surface area contributed by atoms with E-state index in [0.717, 1.165) is 11.1 Å². The Morgan fingerprint density at radius 3 is 2.68 bits per heavy atom. The molecule has 0 aliphatic heterocycles. The summed E-state index contributed by atoms with van der Waals surface area (Å²) < 4.78 is 18.4. The number of carbonyl (C=O) groups excluding carboxylic acids is 1. The first-order chi connectivity index (χ1) is 17.9. The van der Waals surface area contributed by atoms with Crippen LogP contribution in [0.1, 0.15) is 28.4 Å². The van der Waals surface area contributed by atoms with Crippen LogP contribution in [-0.4, -0.2) is 44.4 Å². The number of nitrogens with zero attached hydrogens (tertiary/aromatic N) is 5. The molecule has 0 aliphatic carbocycles. The number of aromatic nitrogens is 5. The highest BCUT2D eigenvalue weighted by molar-refractivity contribution is 6.28. The van der Waals surface area contributed by atoms with E-state index in [4.69, 9.17) is 31.5 Å². The van der Waals surface area contributed by atoms with Crippen molar-refractivity contribution in [2.24, 2.45) is 7.05 Å². The average molecular weight is 524 g/mol. The molecule has 4 aromatic rings. The van der Waals surface area contributed by atoms with Crippen molar-refractivity contribution >= 4 is 34.8 Å². The lowest BCUT2D eigenvalue weighted by molar-refractivity contribution is 0.0526. The zero-order valence-electron chi connectivity index (χ0n) is 20.6. The molecule has 0 radical (unpaired) electrons. The van der Waals surface area contributed by atoms with E-state index >= 15 is 0 Å². The lowest BCUT2D eigenvalue weighted by atomic mass is 10.1. The molecule has 192 valence electrons. The number of halogens is 1. The molecular weight excluding hydrogens is 498 g/mol. The van der Waals surface area contributed by atoms with Crippen LogP contribution in [0.3, 0.4) is 0 Å². The van der Waals surface area contributed by atoms with E-state index in [1.165, 1.54) is 13.3 Å². The molecule has 0 bridgehead atoms. The van der Waals surface area contributed by atoms with Crippen LogP contribution in [0.5, 0.6) is 5.75 Å². The highest BCUT2D eigenvalue weighted by Crippen LogP contribution is 2.38. The molecule has 4 rings (SSSR count). The van der Waals surface area contributed by atoms with E-state index in [1.54, 1.807) is 25.0 Å². The van der Waals surface area contributed by atoms with Gasteiger partial charge in [-0.3, -0.25) is 4.68 Å². The molecule has 0 aliphatic rings. The first kappa shape index (κ1) is 25.9. The smallest absolute Gasteiger partial charge is 0.343 e. The molecule has 37 heavy (non-hydrogen) atoms. The first-order valence-electron chi connectivity index (χ1n) is 11.3. The van der Waals surface area contributed by atoms with Gasteiger partial charge in [-0.05, 0) is 53.9 Å². The maximum atomic E-state index is 12.5. The monoisotopic (exact) mass is 523 g/mol. The molecule has 0 fully saturated rings. The fourth-order valence-corrected chi connectivity index (χ4v) is 3.76.